The normalized spacial score (nSPS) is 19.9. The Morgan fingerprint density at radius 1 is 0.926 bits per heavy atom. The third kappa shape index (κ3) is 4.10. The lowest BCUT2D eigenvalue weighted by atomic mass is 9.77. The van der Waals surface area contributed by atoms with Crippen molar-refractivity contribution in [1.29, 1.82) is 0 Å². The van der Waals surface area contributed by atoms with Gasteiger partial charge in [-0.2, -0.15) is 4.98 Å². The van der Waals surface area contributed by atoms with Gasteiger partial charge in [0.15, 0.2) is 0 Å². The first kappa shape index (κ1) is 17.9. The molecule has 0 saturated heterocycles. The van der Waals surface area contributed by atoms with Crippen LogP contribution in [0.1, 0.15) is 56.9 Å². The van der Waals surface area contributed by atoms with Gasteiger partial charge in [0.1, 0.15) is 5.82 Å². The molecule has 0 radical (unpaired) electrons. The van der Waals surface area contributed by atoms with Gasteiger partial charge in [-0.1, -0.05) is 49.2 Å². The van der Waals surface area contributed by atoms with Gasteiger partial charge in [0, 0.05) is 11.1 Å². The van der Waals surface area contributed by atoms with Crippen LogP contribution in [0.3, 0.4) is 0 Å². The Kier molecular flexibility index (Phi) is 5.33. The molecule has 0 unspecified atom stereocenters. The SMILES string of the molecule is CCCC1CCC(c2ccc(-c3noc(-c4ccc(F)cc4)n3)cc2)CC1. The Bertz CT molecular complexity index is 862. The summed E-state index contributed by atoms with van der Waals surface area (Å²) < 4.78 is 18.4. The van der Waals surface area contributed by atoms with Gasteiger partial charge in [-0.05, 0) is 67.3 Å². The third-order valence-electron chi connectivity index (χ3n) is 5.70. The second-order valence-electron chi connectivity index (χ2n) is 7.56. The average molecular weight is 364 g/mol. The smallest absolute Gasteiger partial charge is 0.258 e. The van der Waals surface area contributed by atoms with Crippen molar-refractivity contribution in [2.24, 2.45) is 5.92 Å². The maximum atomic E-state index is 13.1. The van der Waals surface area contributed by atoms with Gasteiger partial charge >= 0.3 is 0 Å². The van der Waals surface area contributed by atoms with E-state index in [1.807, 2.05) is 0 Å². The molecule has 1 aliphatic rings. The molecule has 1 aromatic heterocycles. The summed E-state index contributed by atoms with van der Waals surface area (Å²) in [6, 6.07) is 14.6. The Morgan fingerprint density at radius 2 is 1.59 bits per heavy atom. The average Bonchev–Trinajstić information content (AvgIpc) is 3.20. The van der Waals surface area contributed by atoms with E-state index in [-0.39, 0.29) is 5.82 Å². The van der Waals surface area contributed by atoms with Crippen molar-refractivity contribution in [3.8, 4) is 22.8 Å². The highest BCUT2D eigenvalue weighted by Crippen LogP contribution is 2.37. The zero-order valence-electron chi connectivity index (χ0n) is 15.7. The van der Waals surface area contributed by atoms with Gasteiger partial charge in [-0.25, -0.2) is 4.39 Å². The molecule has 140 valence electrons. The molecule has 0 atom stereocenters. The van der Waals surface area contributed by atoms with Crippen LogP contribution in [0.2, 0.25) is 0 Å². The number of benzene rings is 2. The van der Waals surface area contributed by atoms with Crippen LogP contribution >= 0.6 is 0 Å². The van der Waals surface area contributed by atoms with Gasteiger partial charge in [0.05, 0.1) is 0 Å². The summed E-state index contributed by atoms with van der Waals surface area (Å²) in [7, 11) is 0. The predicted octanol–water partition coefficient (Wildman–Crippen LogP) is 6.62. The molecule has 0 aliphatic heterocycles. The fourth-order valence-corrected chi connectivity index (χ4v) is 4.15. The van der Waals surface area contributed by atoms with E-state index in [0.29, 0.717) is 17.6 Å². The monoisotopic (exact) mass is 364 g/mol. The Labute approximate surface area is 159 Å². The van der Waals surface area contributed by atoms with Gasteiger partial charge < -0.3 is 4.52 Å². The van der Waals surface area contributed by atoms with Crippen LogP contribution in [-0.4, -0.2) is 10.1 Å². The summed E-state index contributed by atoms with van der Waals surface area (Å²) in [4.78, 5) is 4.45. The summed E-state index contributed by atoms with van der Waals surface area (Å²) in [6.45, 7) is 2.28. The predicted molar refractivity (Wildman–Crippen MR) is 105 cm³/mol. The molecule has 27 heavy (non-hydrogen) atoms. The van der Waals surface area contributed by atoms with Crippen molar-refractivity contribution in [3.63, 3.8) is 0 Å². The van der Waals surface area contributed by atoms with Crippen molar-refractivity contribution in [2.45, 2.75) is 51.4 Å². The summed E-state index contributed by atoms with van der Waals surface area (Å²) in [5.41, 5.74) is 3.07. The summed E-state index contributed by atoms with van der Waals surface area (Å²) in [5.74, 6) is 2.29. The van der Waals surface area contributed by atoms with Crippen LogP contribution in [-0.2, 0) is 0 Å². The molecule has 0 bridgehead atoms. The molecular formula is C23H25FN2O. The second kappa shape index (κ2) is 8.03. The maximum Gasteiger partial charge on any atom is 0.258 e. The molecule has 1 heterocycles. The summed E-state index contributed by atoms with van der Waals surface area (Å²) in [5, 5.41) is 4.08. The Hall–Kier alpha value is -2.49. The summed E-state index contributed by atoms with van der Waals surface area (Å²) in [6.07, 6.45) is 7.97. The quantitative estimate of drug-likeness (QED) is 0.511. The zero-order chi connectivity index (χ0) is 18.6. The molecule has 0 spiro atoms. The molecule has 2 aromatic carbocycles. The number of aromatic nitrogens is 2. The highest BCUT2D eigenvalue weighted by atomic mass is 19.1. The van der Waals surface area contributed by atoms with E-state index >= 15 is 0 Å². The first-order valence-electron chi connectivity index (χ1n) is 9.93. The van der Waals surface area contributed by atoms with Crippen molar-refractivity contribution in [1.82, 2.24) is 10.1 Å². The van der Waals surface area contributed by atoms with E-state index in [4.69, 9.17) is 4.52 Å². The molecule has 4 heteroatoms. The molecule has 0 amide bonds. The van der Waals surface area contributed by atoms with Crippen molar-refractivity contribution < 1.29 is 8.91 Å². The van der Waals surface area contributed by atoms with Crippen LogP contribution in [0.4, 0.5) is 4.39 Å². The molecule has 1 aliphatic carbocycles. The van der Waals surface area contributed by atoms with E-state index in [0.717, 1.165) is 17.0 Å². The van der Waals surface area contributed by atoms with E-state index in [1.165, 1.54) is 56.2 Å². The van der Waals surface area contributed by atoms with E-state index in [2.05, 4.69) is 41.3 Å². The first-order valence-corrected chi connectivity index (χ1v) is 9.93. The largest absolute Gasteiger partial charge is 0.334 e. The van der Waals surface area contributed by atoms with Crippen LogP contribution in [0.25, 0.3) is 22.8 Å². The molecule has 1 saturated carbocycles. The molecule has 1 fully saturated rings. The van der Waals surface area contributed by atoms with Crippen LogP contribution in [0.15, 0.2) is 53.1 Å². The first-order chi connectivity index (χ1) is 13.2. The van der Waals surface area contributed by atoms with Crippen LogP contribution < -0.4 is 0 Å². The Morgan fingerprint density at radius 3 is 2.26 bits per heavy atom. The number of nitrogens with zero attached hydrogens (tertiary/aromatic N) is 2. The molecular weight excluding hydrogens is 339 g/mol. The lowest BCUT2D eigenvalue weighted by molar-refractivity contribution is 0.308. The highest BCUT2D eigenvalue weighted by Gasteiger charge is 2.22. The fourth-order valence-electron chi connectivity index (χ4n) is 4.15. The molecule has 0 N–H and O–H groups in total. The van der Waals surface area contributed by atoms with Gasteiger partial charge in [0.2, 0.25) is 5.82 Å². The zero-order valence-corrected chi connectivity index (χ0v) is 15.7. The second-order valence-corrected chi connectivity index (χ2v) is 7.56. The molecule has 3 nitrogen and oxygen atoms in total. The van der Waals surface area contributed by atoms with Gasteiger partial charge in [-0.15, -0.1) is 0 Å². The number of hydrogen-bond donors (Lipinski definition) is 0. The standard InChI is InChI=1S/C23H25FN2O/c1-2-3-16-4-6-17(7-5-16)18-8-10-19(11-9-18)22-25-23(27-26-22)20-12-14-21(24)15-13-20/h8-17H,2-7H2,1H3. The van der Waals surface area contributed by atoms with E-state index < -0.39 is 0 Å². The molecule has 4 rings (SSSR count). The van der Waals surface area contributed by atoms with Crippen molar-refractivity contribution >= 4 is 0 Å². The minimum atomic E-state index is -0.280. The van der Waals surface area contributed by atoms with E-state index in [1.54, 1.807) is 12.1 Å². The number of halogens is 1. The topological polar surface area (TPSA) is 38.9 Å². The van der Waals surface area contributed by atoms with Gasteiger partial charge in [0.25, 0.3) is 5.89 Å². The lowest BCUT2D eigenvalue weighted by Crippen LogP contribution is -2.13. The van der Waals surface area contributed by atoms with Crippen LogP contribution in [0, 0.1) is 11.7 Å². The fraction of sp³-hybridized carbons (Fsp3) is 0.391. The number of hydrogen-bond acceptors (Lipinski definition) is 3. The van der Waals surface area contributed by atoms with E-state index in [9.17, 15) is 4.39 Å². The summed E-state index contributed by atoms with van der Waals surface area (Å²) >= 11 is 0. The number of rotatable bonds is 5. The molecule has 3 aromatic rings. The lowest BCUT2D eigenvalue weighted by Gasteiger charge is -2.28. The Balaban J connectivity index is 1.44. The van der Waals surface area contributed by atoms with Gasteiger partial charge in [-0.3, -0.25) is 0 Å². The highest BCUT2D eigenvalue weighted by molar-refractivity contribution is 5.60. The van der Waals surface area contributed by atoms with Crippen molar-refractivity contribution in [2.75, 3.05) is 0 Å². The maximum absolute atomic E-state index is 13.1. The minimum Gasteiger partial charge on any atom is -0.334 e. The van der Waals surface area contributed by atoms with Crippen molar-refractivity contribution in [3.05, 3.63) is 59.9 Å². The minimum absolute atomic E-state index is 0.280. The van der Waals surface area contributed by atoms with Crippen LogP contribution in [0.5, 0.6) is 0 Å². The third-order valence-corrected chi connectivity index (χ3v) is 5.70.